The van der Waals surface area contributed by atoms with Crippen LogP contribution in [0, 0.1) is 5.82 Å². The van der Waals surface area contributed by atoms with Crippen LogP contribution in [0.25, 0.3) is 0 Å². The van der Waals surface area contributed by atoms with Crippen LogP contribution in [-0.2, 0) is 11.2 Å². The van der Waals surface area contributed by atoms with Crippen LogP contribution in [0.1, 0.15) is 12.0 Å². The number of hydrogen-bond donors (Lipinski definition) is 0. The second kappa shape index (κ2) is 6.69. The molecule has 120 valence electrons. The van der Waals surface area contributed by atoms with Crippen LogP contribution < -0.4 is 14.4 Å². The molecule has 0 N–H and O–H groups in total. The first kappa shape index (κ1) is 15.3. The molecule has 4 nitrogen and oxygen atoms in total. The van der Waals surface area contributed by atoms with Gasteiger partial charge in [0.1, 0.15) is 19.0 Å². The molecule has 0 spiro atoms. The lowest BCUT2D eigenvalue weighted by Crippen LogP contribution is -2.26. The van der Waals surface area contributed by atoms with Gasteiger partial charge in [-0.05, 0) is 36.2 Å². The van der Waals surface area contributed by atoms with Gasteiger partial charge < -0.3 is 14.4 Å². The fourth-order valence-electron chi connectivity index (χ4n) is 2.45. The van der Waals surface area contributed by atoms with Crippen molar-refractivity contribution in [2.75, 3.05) is 25.2 Å². The zero-order chi connectivity index (χ0) is 16.2. The topological polar surface area (TPSA) is 38.8 Å². The molecule has 0 fully saturated rings. The van der Waals surface area contributed by atoms with Gasteiger partial charge in [-0.15, -0.1) is 0 Å². The minimum Gasteiger partial charge on any atom is -0.486 e. The molecule has 0 atom stereocenters. The van der Waals surface area contributed by atoms with Gasteiger partial charge in [-0.25, -0.2) is 4.39 Å². The van der Waals surface area contributed by atoms with E-state index in [4.69, 9.17) is 9.47 Å². The van der Waals surface area contributed by atoms with Crippen molar-refractivity contribution in [3.63, 3.8) is 0 Å². The first-order chi connectivity index (χ1) is 11.1. The maximum absolute atomic E-state index is 12.9. The number of halogens is 1. The van der Waals surface area contributed by atoms with E-state index in [1.54, 1.807) is 24.1 Å². The summed E-state index contributed by atoms with van der Waals surface area (Å²) in [5.41, 5.74) is 1.70. The number of amides is 1. The lowest BCUT2D eigenvalue weighted by Gasteiger charge is -2.22. The number of benzene rings is 2. The Morgan fingerprint density at radius 3 is 2.52 bits per heavy atom. The first-order valence-electron chi connectivity index (χ1n) is 7.54. The van der Waals surface area contributed by atoms with E-state index >= 15 is 0 Å². The van der Waals surface area contributed by atoms with Gasteiger partial charge in [0.25, 0.3) is 0 Å². The number of carbonyl (C=O) groups is 1. The van der Waals surface area contributed by atoms with E-state index in [0.717, 1.165) is 11.3 Å². The molecule has 23 heavy (non-hydrogen) atoms. The summed E-state index contributed by atoms with van der Waals surface area (Å²) in [6.07, 6.45) is 0.935. The van der Waals surface area contributed by atoms with Crippen molar-refractivity contribution in [3.8, 4) is 11.5 Å². The number of aryl methyl sites for hydroxylation is 1. The van der Waals surface area contributed by atoms with E-state index in [2.05, 4.69) is 0 Å². The Labute approximate surface area is 134 Å². The average molecular weight is 315 g/mol. The summed E-state index contributed by atoms with van der Waals surface area (Å²) in [5, 5.41) is 0. The predicted octanol–water partition coefficient (Wildman–Crippen LogP) is 3.19. The molecule has 1 aliphatic heterocycles. The van der Waals surface area contributed by atoms with Crippen molar-refractivity contribution >= 4 is 11.6 Å². The maximum atomic E-state index is 12.9. The van der Waals surface area contributed by atoms with E-state index in [-0.39, 0.29) is 11.7 Å². The van der Waals surface area contributed by atoms with Crippen LogP contribution in [0.3, 0.4) is 0 Å². The summed E-state index contributed by atoms with van der Waals surface area (Å²) in [6.45, 7) is 1.05. The minimum absolute atomic E-state index is 0.00833. The normalized spacial score (nSPS) is 12.8. The molecule has 0 radical (unpaired) electrons. The van der Waals surface area contributed by atoms with Gasteiger partial charge in [-0.3, -0.25) is 4.79 Å². The zero-order valence-electron chi connectivity index (χ0n) is 12.9. The third-order valence-corrected chi connectivity index (χ3v) is 3.83. The Hall–Kier alpha value is -2.56. The highest BCUT2D eigenvalue weighted by Crippen LogP contribution is 2.33. The number of ether oxygens (including phenoxy) is 2. The minimum atomic E-state index is -0.270. The summed E-state index contributed by atoms with van der Waals surface area (Å²) in [4.78, 5) is 13.9. The van der Waals surface area contributed by atoms with Crippen LogP contribution >= 0.6 is 0 Å². The molecule has 1 amide bonds. The summed E-state index contributed by atoms with van der Waals surface area (Å²) >= 11 is 0. The Kier molecular flexibility index (Phi) is 4.46. The predicted molar refractivity (Wildman–Crippen MR) is 85.6 cm³/mol. The van der Waals surface area contributed by atoms with Gasteiger partial charge in [-0.2, -0.15) is 0 Å². The van der Waals surface area contributed by atoms with Gasteiger partial charge in [0.05, 0.1) is 0 Å². The summed E-state index contributed by atoms with van der Waals surface area (Å²) in [6, 6.07) is 11.7. The highest BCUT2D eigenvalue weighted by atomic mass is 19.1. The van der Waals surface area contributed by atoms with Crippen molar-refractivity contribution in [1.29, 1.82) is 0 Å². The molecule has 0 bridgehead atoms. The van der Waals surface area contributed by atoms with E-state index in [0.29, 0.717) is 37.6 Å². The van der Waals surface area contributed by atoms with E-state index < -0.39 is 0 Å². The Balaban J connectivity index is 1.64. The fraction of sp³-hybridized carbons (Fsp3) is 0.278. The molecule has 2 aromatic carbocycles. The maximum Gasteiger partial charge on any atom is 0.227 e. The molecule has 1 aliphatic rings. The summed E-state index contributed by atoms with van der Waals surface area (Å²) in [7, 11) is 1.73. The summed E-state index contributed by atoms with van der Waals surface area (Å²) in [5.74, 6) is 1.08. The van der Waals surface area contributed by atoms with Crippen LogP contribution in [-0.4, -0.2) is 26.2 Å². The Morgan fingerprint density at radius 2 is 1.78 bits per heavy atom. The third kappa shape index (κ3) is 3.62. The Morgan fingerprint density at radius 1 is 1.09 bits per heavy atom. The van der Waals surface area contributed by atoms with Crippen LogP contribution in [0.4, 0.5) is 10.1 Å². The van der Waals surface area contributed by atoms with Gasteiger partial charge in [0.15, 0.2) is 11.5 Å². The molecule has 5 heteroatoms. The van der Waals surface area contributed by atoms with Gasteiger partial charge in [0, 0.05) is 25.2 Å². The SMILES string of the molecule is CN(C(=O)CCc1ccc(F)cc1)c1ccc2c(c1)OCCO2. The number of carbonyl (C=O) groups excluding carboxylic acids is 1. The zero-order valence-corrected chi connectivity index (χ0v) is 12.9. The largest absolute Gasteiger partial charge is 0.486 e. The second-order valence-electron chi connectivity index (χ2n) is 5.41. The Bertz CT molecular complexity index is 700. The monoisotopic (exact) mass is 315 g/mol. The molecule has 0 saturated carbocycles. The smallest absolute Gasteiger partial charge is 0.227 e. The van der Waals surface area contributed by atoms with Crippen molar-refractivity contribution in [2.45, 2.75) is 12.8 Å². The number of fused-ring (bicyclic) bond motifs is 1. The first-order valence-corrected chi connectivity index (χ1v) is 7.54. The lowest BCUT2D eigenvalue weighted by atomic mass is 10.1. The van der Waals surface area contributed by atoms with E-state index in [9.17, 15) is 9.18 Å². The highest BCUT2D eigenvalue weighted by Gasteiger charge is 2.16. The van der Waals surface area contributed by atoms with Crippen molar-refractivity contribution in [3.05, 3.63) is 53.8 Å². The van der Waals surface area contributed by atoms with E-state index in [1.807, 2.05) is 18.2 Å². The van der Waals surface area contributed by atoms with Crippen LogP contribution in [0.2, 0.25) is 0 Å². The van der Waals surface area contributed by atoms with E-state index in [1.165, 1.54) is 12.1 Å². The van der Waals surface area contributed by atoms with Crippen LogP contribution in [0.5, 0.6) is 11.5 Å². The van der Waals surface area contributed by atoms with Crippen molar-refractivity contribution < 1.29 is 18.7 Å². The summed E-state index contributed by atoms with van der Waals surface area (Å²) < 4.78 is 23.9. The molecular formula is C18H18FNO3. The molecule has 2 aromatic rings. The molecule has 0 aliphatic carbocycles. The fourth-order valence-corrected chi connectivity index (χ4v) is 2.45. The van der Waals surface area contributed by atoms with Gasteiger partial charge in [0.2, 0.25) is 5.91 Å². The molecule has 0 unspecified atom stereocenters. The number of nitrogens with zero attached hydrogens (tertiary/aromatic N) is 1. The van der Waals surface area contributed by atoms with Gasteiger partial charge >= 0.3 is 0 Å². The van der Waals surface area contributed by atoms with Crippen molar-refractivity contribution in [2.24, 2.45) is 0 Å². The highest BCUT2D eigenvalue weighted by molar-refractivity contribution is 5.93. The number of rotatable bonds is 4. The number of hydrogen-bond acceptors (Lipinski definition) is 3. The number of anilines is 1. The molecule has 1 heterocycles. The molecule has 3 rings (SSSR count). The van der Waals surface area contributed by atoms with Crippen molar-refractivity contribution in [1.82, 2.24) is 0 Å². The second-order valence-corrected chi connectivity index (χ2v) is 5.41. The van der Waals surface area contributed by atoms with Crippen LogP contribution in [0.15, 0.2) is 42.5 Å². The third-order valence-electron chi connectivity index (χ3n) is 3.83. The molecular weight excluding hydrogens is 297 g/mol. The standard InChI is InChI=1S/C18H18FNO3/c1-20(15-7-8-16-17(12-15)23-11-10-22-16)18(21)9-4-13-2-5-14(19)6-3-13/h2-3,5-8,12H,4,9-11H2,1H3. The molecule has 0 saturated heterocycles. The molecule has 0 aromatic heterocycles. The average Bonchev–Trinajstić information content (AvgIpc) is 2.60. The quantitative estimate of drug-likeness (QED) is 0.870. The van der Waals surface area contributed by atoms with Gasteiger partial charge in [-0.1, -0.05) is 12.1 Å². The lowest BCUT2D eigenvalue weighted by molar-refractivity contribution is -0.118.